The maximum atomic E-state index is 10.6. The van der Waals surface area contributed by atoms with Gasteiger partial charge in [0.1, 0.15) is 0 Å². The summed E-state index contributed by atoms with van der Waals surface area (Å²) in [4.78, 5) is 10.6. The Morgan fingerprint density at radius 3 is 2.05 bits per heavy atom. The van der Waals surface area contributed by atoms with Gasteiger partial charge in [-0.15, -0.1) is 0 Å². The zero-order valence-electron chi connectivity index (χ0n) is 14.0. The van der Waals surface area contributed by atoms with Crippen LogP contribution in [0.2, 0.25) is 25.2 Å². The third kappa shape index (κ3) is 8.08. The van der Waals surface area contributed by atoms with Gasteiger partial charge >= 0.3 is 5.97 Å². The molecule has 0 unspecified atom stereocenters. The average molecular weight is 299 g/mol. The number of carbonyl (C=O) groups is 1. The first-order valence-electron chi connectivity index (χ1n) is 8.54. The van der Waals surface area contributed by atoms with E-state index in [1.54, 1.807) is 0 Å². The molecular formula is C17H34O2Si. The molecule has 0 N–H and O–H groups in total. The summed E-state index contributed by atoms with van der Waals surface area (Å²) in [5.41, 5.74) is 1.13. The Bertz CT molecular complexity index is 283. The van der Waals surface area contributed by atoms with Crippen LogP contribution in [0, 0.1) is 5.92 Å². The number of rotatable bonds is 11. The zero-order valence-corrected chi connectivity index (χ0v) is 15.0. The van der Waals surface area contributed by atoms with E-state index in [2.05, 4.69) is 19.6 Å². The van der Waals surface area contributed by atoms with E-state index in [4.69, 9.17) is 4.74 Å². The van der Waals surface area contributed by atoms with E-state index in [0.29, 0.717) is 6.61 Å². The van der Waals surface area contributed by atoms with Crippen LogP contribution in [0.25, 0.3) is 0 Å². The van der Waals surface area contributed by atoms with Gasteiger partial charge in [0.15, 0.2) is 0 Å². The van der Waals surface area contributed by atoms with Crippen LogP contribution >= 0.6 is 0 Å². The summed E-state index contributed by atoms with van der Waals surface area (Å²) in [6, 6.07) is 0. The molecule has 0 amide bonds. The lowest BCUT2D eigenvalue weighted by Gasteiger charge is -2.15. The van der Waals surface area contributed by atoms with Gasteiger partial charge in [0.25, 0.3) is 0 Å². The largest absolute Gasteiger partial charge is 0.466 e. The molecule has 0 aromatic rings. The van der Waals surface area contributed by atoms with E-state index in [9.17, 15) is 4.79 Å². The Labute approximate surface area is 126 Å². The van der Waals surface area contributed by atoms with E-state index in [1.165, 1.54) is 58.3 Å². The lowest BCUT2D eigenvalue weighted by atomic mass is 10.1. The van der Waals surface area contributed by atoms with E-state index < -0.39 is 8.07 Å². The molecule has 1 aliphatic rings. The first-order valence-corrected chi connectivity index (χ1v) is 12.1. The number of esters is 1. The molecule has 1 saturated carbocycles. The van der Waals surface area contributed by atoms with Crippen LogP contribution in [0.5, 0.6) is 0 Å². The third-order valence-electron chi connectivity index (χ3n) is 4.56. The zero-order chi connectivity index (χ0) is 15.0. The number of carbonyl (C=O) groups excluding carboxylic acids is 1. The van der Waals surface area contributed by atoms with Gasteiger partial charge in [-0.25, -0.2) is 0 Å². The minimum Gasteiger partial charge on any atom is -0.466 e. The molecule has 20 heavy (non-hydrogen) atoms. The minimum absolute atomic E-state index is 0.151. The molecule has 0 bridgehead atoms. The molecule has 2 atom stereocenters. The highest BCUT2D eigenvalue weighted by atomic mass is 28.3. The average Bonchev–Trinajstić information content (AvgIpc) is 3.10. The smallest absolute Gasteiger partial charge is 0.302 e. The van der Waals surface area contributed by atoms with Crippen LogP contribution < -0.4 is 0 Å². The van der Waals surface area contributed by atoms with E-state index in [-0.39, 0.29) is 5.97 Å². The van der Waals surface area contributed by atoms with Crippen molar-refractivity contribution in [1.29, 1.82) is 0 Å². The van der Waals surface area contributed by atoms with Crippen LogP contribution in [-0.4, -0.2) is 20.7 Å². The van der Waals surface area contributed by atoms with Gasteiger partial charge < -0.3 is 4.74 Å². The molecular weight excluding hydrogens is 264 g/mol. The molecule has 0 saturated heterocycles. The van der Waals surface area contributed by atoms with Gasteiger partial charge in [-0.2, -0.15) is 0 Å². The minimum atomic E-state index is -0.825. The van der Waals surface area contributed by atoms with Gasteiger partial charge in [0.2, 0.25) is 0 Å². The first kappa shape index (κ1) is 17.7. The highest BCUT2D eigenvalue weighted by molar-refractivity contribution is 6.78. The summed E-state index contributed by atoms with van der Waals surface area (Å²) in [7, 11) is -0.825. The maximum absolute atomic E-state index is 10.6. The highest BCUT2D eigenvalue weighted by Crippen LogP contribution is 2.54. The summed E-state index contributed by atoms with van der Waals surface area (Å²) in [6.45, 7) is 9.65. The molecule has 2 nitrogen and oxygen atoms in total. The van der Waals surface area contributed by atoms with Gasteiger partial charge in [-0.3, -0.25) is 4.79 Å². The van der Waals surface area contributed by atoms with Crippen molar-refractivity contribution in [3.63, 3.8) is 0 Å². The fourth-order valence-corrected chi connectivity index (χ4v) is 5.83. The fraction of sp³-hybridized carbons (Fsp3) is 0.941. The first-order chi connectivity index (χ1) is 9.41. The molecule has 118 valence electrons. The lowest BCUT2D eigenvalue weighted by Crippen LogP contribution is -2.20. The molecule has 0 spiro atoms. The normalized spacial score (nSPS) is 21.8. The van der Waals surface area contributed by atoms with E-state index >= 15 is 0 Å². The standard InChI is InChI=1S/C17H34O2Si/c1-15(18)19-13-11-9-7-5-6-8-10-12-16-14-17(16)20(2,3)4/h16-17H,5-14H2,1-4H3/t16-,17-/m1/s1. The van der Waals surface area contributed by atoms with Gasteiger partial charge in [-0.1, -0.05) is 64.6 Å². The maximum Gasteiger partial charge on any atom is 0.302 e. The van der Waals surface area contributed by atoms with Crippen LogP contribution in [0.3, 0.4) is 0 Å². The number of unbranched alkanes of at least 4 members (excludes halogenated alkanes) is 6. The van der Waals surface area contributed by atoms with Crippen molar-refractivity contribution in [3.05, 3.63) is 0 Å². The van der Waals surface area contributed by atoms with Crippen molar-refractivity contribution < 1.29 is 9.53 Å². The quantitative estimate of drug-likeness (QED) is 0.290. The summed E-state index contributed by atoms with van der Waals surface area (Å²) < 4.78 is 4.92. The second kappa shape index (κ2) is 8.86. The summed E-state index contributed by atoms with van der Waals surface area (Å²) >= 11 is 0. The molecule has 1 aliphatic carbocycles. The van der Waals surface area contributed by atoms with Gasteiger partial charge in [-0.05, 0) is 24.3 Å². The molecule has 3 heteroatoms. The number of hydrogen-bond acceptors (Lipinski definition) is 2. The predicted octanol–water partition coefficient (Wildman–Crippen LogP) is 5.40. The Morgan fingerprint density at radius 1 is 1.00 bits per heavy atom. The lowest BCUT2D eigenvalue weighted by molar-refractivity contribution is -0.141. The fourth-order valence-electron chi connectivity index (χ4n) is 3.24. The van der Waals surface area contributed by atoms with Crippen LogP contribution in [0.4, 0.5) is 0 Å². The Hall–Kier alpha value is -0.313. The third-order valence-corrected chi connectivity index (χ3v) is 7.49. The molecule has 1 rings (SSSR count). The summed E-state index contributed by atoms with van der Waals surface area (Å²) in [5.74, 6) is 0.937. The van der Waals surface area contributed by atoms with Crippen molar-refractivity contribution in [2.75, 3.05) is 6.61 Å². The van der Waals surface area contributed by atoms with E-state index in [0.717, 1.165) is 17.9 Å². The molecule has 0 aromatic heterocycles. The molecule has 0 aromatic carbocycles. The Morgan fingerprint density at radius 2 is 1.55 bits per heavy atom. The number of ether oxygens (including phenoxy) is 1. The van der Waals surface area contributed by atoms with E-state index in [1.807, 2.05) is 0 Å². The SMILES string of the molecule is CC(=O)OCCCCCCCCC[C@@H]1C[C@H]1[Si](C)(C)C. The van der Waals surface area contributed by atoms with Crippen molar-refractivity contribution in [2.24, 2.45) is 5.92 Å². The topological polar surface area (TPSA) is 26.3 Å². The molecule has 0 heterocycles. The molecule has 0 radical (unpaired) electrons. The highest BCUT2D eigenvalue weighted by Gasteiger charge is 2.44. The van der Waals surface area contributed by atoms with Gasteiger partial charge in [0, 0.05) is 15.0 Å². The van der Waals surface area contributed by atoms with Crippen molar-refractivity contribution in [3.8, 4) is 0 Å². The Balaban J connectivity index is 1.79. The van der Waals surface area contributed by atoms with Gasteiger partial charge in [0.05, 0.1) is 6.61 Å². The second-order valence-electron chi connectivity index (χ2n) is 7.57. The number of hydrogen-bond donors (Lipinski definition) is 0. The van der Waals surface area contributed by atoms with Crippen molar-refractivity contribution in [2.45, 2.75) is 89.9 Å². The van der Waals surface area contributed by atoms with Crippen LogP contribution in [0.15, 0.2) is 0 Å². The monoisotopic (exact) mass is 298 g/mol. The summed E-state index contributed by atoms with van der Waals surface area (Å²) in [5, 5.41) is 0. The van der Waals surface area contributed by atoms with Crippen molar-refractivity contribution in [1.82, 2.24) is 0 Å². The molecule has 1 fully saturated rings. The second-order valence-corrected chi connectivity index (χ2v) is 13.0. The predicted molar refractivity (Wildman–Crippen MR) is 88.8 cm³/mol. The van der Waals surface area contributed by atoms with Crippen LogP contribution in [-0.2, 0) is 9.53 Å². The Kier molecular flexibility index (Phi) is 7.86. The van der Waals surface area contributed by atoms with Crippen molar-refractivity contribution >= 4 is 14.0 Å². The van der Waals surface area contributed by atoms with Crippen LogP contribution in [0.1, 0.15) is 64.7 Å². The summed E-state index contributed by atoms with van der Waals surface area (Å²) in [6.07, 6.45) is 12.1. The molecule has 0 aliphatic heterocycles.